The van der Waals surface area contributed by atoms with Crippen molar-refractivity contribution in [3.63, 3.8) is 0 Å². The summed E-state index contributed by atoms with van der Waals surface area (Å²) in [6.07, 6.45) is 4.95. The van der Waals surface area contributed by atoms with Gasteiger partial charge < -0.3 is 15.5 Å². The largest absolute Gasteiger partial charge is 0.369 e. The maximum absolute atomic E-state index is 4.80. The molecular formula is C21H33IN6. The monoisotopic (exact) mass is 496 g/mol. The van der Waals surface area contributed by atoms with Crippen molar-refractivity contribution in [2.24, 2.45) is 10.9 Å². The molecule has 2 unspecified atom stereocenters. The Morgan fingerprint density at radius 1 is 1.32 bits per heavy atom. The zero-order valence-corrected chi connectivity index (χ0v) is 19.5. The summed E-state index contributed by atoms with van der Waals surface area (Å²) in [7, 11) is 0. The van der Waals surface area contributed by atoms with Crippen LogP contribution in [0.15, 0.2) is 47.7 Å². The first-order valence-electron chi connectivity index (χ1n) is 9.98. The summed E-state index contributed by atoms with van der Waals surface area (Å²) in [5.74, 6) is 1.36. The lowest BCUT2D eigenvalue weighted by Gasteiger charge is -2.21. The summed E-state index contributed by atoms with van der Waals surface area (Å²) in [4.78, 5) is 7.25. The first-order chi connectivity index (χ1) is 13.1. The Labute approximate surface area is 185 Å². The summed E-state index contributed by atoms with van der Waals surface area (Å²) in [6.45, 7) is 11.1. The lowest BCUT2D eigenvalue weighted by molar-refractivity contribution is 0.457. The van der Waals surface area contributed by atoms with E-state index < -0.39 is 0 Å². The van der Waals surface area contributed by atoms with Gasteiger partial charge in [0.1, 0.15) is 0 Å². The number of benzene rings is 1. The molecule has 1 aromatic carbocycles. The maximum atomic E-state index is 4.80. The van der Waals surface area contributed by atoms with E-state index in [0.29, 0.717) is 12.0 Å². The van der Waals surface area contributed by atoms with E-state index in [1.165, 1.54) is 11.3 Å². The molecule has 0 radical (unpaired) electrons. The molecule has 2 N–H and O–H groups in total. The molecule has 154 valence electrons. The van der Waals surface area contributed by atoms with Gasteiger partial charge >= 0.3 is 0 Å². The van der Waals surface area contributed by atoms with Gasteiger partial charge in [-0.15, -0.1) is 24.0 Å². The van der Waals surface area contributed by atoms with Crippen molar-refractivity contribution in [3.8, 4) is 0 Å². The van der Waals surface area contributed by atoms with Crippen LogP contribution in [0.4, 0.5) is 5.69 Å². The van der Waals surface area contributed by atoms with Crippen molar-refractivity contribution < 1.29 is 0 Å². The average molecular weight is 496 g/mol. The molecule has 1 aromatic heterocycles. The summed E-state index contributed by atoms with van der Waals surface area (Å²) in [5, 5.41) is 11.3. The zero-order chi connectivity index (χ0) is 19.1. The first kappa shape index (κ1) is 22.5. The second-order valence-corrected chi connectivity index (χ2v) is 7.46. The Balaban J connectivity index is 0.00000280. The van der Waals surface area contributed by atoms with Crippen molar-refractivity contribution in [2.75, 3.05) is 31.1 Å². The van der Waals surface area contributed by atoms with Crippen LogP contribution in [0.25, 0.3) is 0 Å². The van der Waals surface area contributed by atoms with Crippen molar-refractivity contribution in [2.45, 2.75) is 39.8 Å². The van der Waals surface area contributed by atoms with E-state index in [0.717, 1.165) is 45.1 Å². The maximum Gasteiger partial charge on any atom is 0.191 e. The summed E-state index contributed by atoms with van der Waals surface area (Å²) < 4.78 is 1.97. The molecule has 0 aliphatic carbocycles. The molecular weight excluding hydrogens is 463 g/mol. The zero-order valence-electron chi connectivity index (χ0n) is 17.1. The molecule has 3 rings (SSSR count). The van der Waals surface area contributed by atoms with Crippen LogP contribution in [-0.4, -0.2) is 48.0 Å². The van der Waals surface area contributed by atoms with E-state index >= 15 is 0 Å². The van der Waals surface area contributed by atoms with E-state index in [-0.39, 0.29) is 24.0 Å². The van der Waals surface area contributed by atoms with E-state index in [9.17, 15) is 0 Å². The van der Waals surface area contributed by atoms with Crippen LogP contribution in [0.3, 0.4) is 0 Å². The molecule has 2 atom stereocenters. The summed E-state index contributed by atoms with van der Waals surface area (Å²) in [6, 6.07) is 11.2. The molecule has 0 bridgehead atoms. The second kappa shape index (κ2) is 11.3. The predicted molar refractivity (Wildman–Crippen MR) is 128 cm³/mol. The molecule has 2 aromatic rings. The van der Waals surface area contributed by atoms with E-state index in [2.05, 4.69) is 65.7 Å². The van der Waals surface area contributed by atoms with Crippen molar-refractivity contribution in [1.29, 1.82) is 0 Å². The Morgan fingerprint density at radius 3 is 2.79 bits per heavy atom. The number of aliphatic imine (C=N–C) groups is 1. The highest BCUT2D eigenvalue weighted by atomic mass is 127. The molecule has 0 saturated carbocycles. The van der Waals surface area contributed by atoms with Crippen LogP contribution in [0.1, 0.15) is 25.8 Å². The van der Waals surface area contributed by atoms with Crippen LogP contribution < -0.4 is 15.5 Å². The molecule has 1 aliphatic rings. The minimum absolute atomic E-state index is 0. The van der Waals surface area contributed by atoms with Gasteiger partial charge in [0.05, 0.1) is 0 Å². The van der Waals surface area contributed by atoms with Gasteiger partial charge in [-0.3, -0.25) is 9.67 Å². The number of aromatic nitrogens is 2. The lowest BCUT2D eigenvalue weighted by Crippen LogP contribution is -2.44. The van der Waals surface area contributed by atoms with Crippen LogP contribution in [0.5, 0.6) is 0 Å². The number of anilines is 1. The minimum atomic E-state index is 0. The van der Waals surface area contributed by atoms with Crippen molar-refractivity contribution in [1.82, 2.24) is 20.4 Å². The number of hydrogen-bond acceptors (Lipinski definition) is 3. The molecule has 1 saturated heterocycles. The fourth-order valence-corrected chi connectivity index (χ4v) is 3.41. The standard InChI is InChI=1S/C21H32N6.HI/c1-4-22-21(23-14-18(3)15-27-12-5-11-24-27)25-19-10-13-26(16-19)20-8-6-17(2)7-9-20;/h5-9,11-12,18-19H,4,10,13-16H2,1-3H3,(H2,22,23,25);1H. The predicted octanol–water partition coefficient (Wildman–Crippen LogP) is 3.28. The number of nitrogens with one attached hydrogen (secondary N) is 2. The topological polar surface area (TPSA) is 57.5 Å². The van der Waals surface area contributed by atoms with Gasteiger partial charge in [-0.05, 0) is 44.4 Å². The fourth-order valence-electron chi connectivity index (χ4n) is 3.41. The molecule has 1 fully saturated rings. The number of rotatable bonds is 7. The molecule has 7 heteroatoms. The SMILES string of the molecule is CCNC(=NCC(C)Cn1cccn1)NC1CCN(c2ccc(C)cc2)C1.I. The normalized spacial score (nSPS) is 17.9. The number of aryl methyl sites for hydroxylation is 1. The van der Waals surface area contributed by atoms with E-state index in [4.69, 9.17) is 4.99 Å². The Kier molecular flexibility index (Phi) is 9.08. The number of nitrogens with zero attached hydrogens (tertiary/aromatic N) is 4. The molecule has 0 spiro atoms. The van der Waals surface area contributed by atoms with Gasteiger partial charge in [-0.25, -0.2) is 0 Å². The van der Waals surface area contributed by atoms with Gasteiger partial charge in [0.2, 0.25) is 0 Å². The van der Waals surface area contributed by atoms with Gasteiger partial charge in [0, 0.05) is 56.8 Å². The second-order valence-electron chi connectivity index (χ2n) is 7.46. The smallest absolute Gasteiger partial charge is 0.191 e. The number of halogens is 1. The van der Waals surface area contributed by atoms with E-state index in [1.807, 2.05) is 23.1 Å². The molecule has 2 heterocycles. The summed E-state index contributed by atoms with van der Waals surface area (Å²) in [5.41, 5.74) is 2.61. The van der Waals surface area contributed by atoms with Crippen molar-refractivity contribution >= 4 is 35.6 Å². The lowest BCUT2D eigenvalue weighted by atomic mass is 10.2. The van der Waals surface area contributed by atoms with Crippen LogP contribution in [-0.2, 0) is 6.54 Å². The van der Waals surface area contributed by atoms with Gasteiger partial charge in [-0.2, -0.15) is 5.10 Å². The molecule has 1 aliphatic heterocycles. The van der Waals surface area contributed by atoms with Gasteiger partial charge in [-0.1, -0.05) is 24.6 Å². The quantitative estimate of drug-likeness (QED) is 0.351. The third-order valence-corrected chi connectivity index (χ3v) is 4.89. The molecule has 6 nitrogen and oxygen atoms in total. The third-order valence-electron chi connectivity index (χ3n) is 4.89. The average Bonchev–Trinajstić information content (AvgIpc) is 3.33. The van der Waals surface area contributed by atoms with E-state index in [1.54, 1.807) is 0 Å². The summed E-state index contributed by atoms with van der Waals surface area (Å²) >= 11 is 0. The molecule has 0 amide bonds. The van der Waals surface area contributed by atoms with Gasteiger partial charge in [0.25, 0.3) is 0 Å². The Hall–Kier alpha value is -1.77. The highest BCUT2D eigenvalue weighted by molar-refractivity contribution is 14.0. The third kappa shape index (κ3) is 6.68. The number of hydrogen-bond donors (Lipinski definition) is 2. The minimum Gasteiger partial charge on any atom is -0.369 e. The Bertz CT molecular complexity index is 713. The van der Waals surface area contributed by atoms with Crippen LogP contribution >= 0.6 is 24.0 Å². The number of guanidine groups is 1. The van der Waals surface area contributed by atoms with Crippen molar-refractivity contribution in [3.05, 3.63) is 48.3 Å². The highest BCUT2D eigenvalue weighted by Gasteiger charge is 2.23. The van der Waals surface area contributed by atoms with Crippen LogP contribution in [0.2, 0.25) is 0 Å². The van der Waals surface area contributed by atoms with Crippen LogP contribution in [0, 0.1) is 12.8 Å². The molecule has 28 heavy (non-hydrogen) atoms. The highest BCUT2D eigenvalue weighted by Crippen LogP contribution is 2.20. The first-order valence-corrected chi connectivity index (χ1v) is 9.98. The Morgan fingerprint density at radius 2 is 2.11 bits per heavy atom. The fraction of sp³-hybridized carbons (Fsp3) is 0.524. The van der Waals surface area contributed by atoms with Gasteiger partial charge in [0.15, 0.2) is 5.96 Å².